The summed E-state index contributed by atoms with van der Waals surface area (Å²) in [6, 6.07) is 7.86. The van der Waals surface area contributed by atoms with Crippen molar-refractivity contribution in [1.29, 1.82) is 0 Å². The number of ether oxygens (including phenoxy) is 1. The molecule has 102 valence electrons. The predicted molar refractivity (Wildman–Crippen MR) is 73.5 cm³/mol. The maximum atomic E-state index is 5.32. The van der Waals surface area contributed by atoms with Crippen LogP contribution in [0.25, 0.3) is 11.4 Å². The fourth-order valence-corrected chi connectivity index (χ4v) is 2.21. The molecule has 2 heterocycles. The van der Waals surface area contributed by atoms with E-state index >= 15 is 0 Å². The highest BCUT2D eigenvalue weighted by molar-refractivity contribution is 5.85. The van der Waals surface area contributed by atoms with Gasteiger partial charge in [-0.2, -0.15) is 4.98 Å². The van der Waals surface area contributed by atoms with Crippen LogP contribution < -0.4 is 10.1 Å². The van der Waals surface area contributed by atoms with Gasteiger partial charge in [-0.15, -0.1) is 12.4 Å². The van der Waals surface area contributed by atoms with E-state index in [0.29, 0.717) is 11.7 Å². The Morgan fingerprint density at radius 2 is 2.21 bits per heavy atom. The Morgan fingerprint density at radius 3 is 2.95 bits per heavy atom. The van der Waals surface area contributed by atoms with E-state index in [2.05, 4.69) is 15.5 Å². The lowest BCUT2D eigenvalue weighted by Crippen LogP contribution is -2.12. The second-order valence-electron chi connectivity index (χ2n) is 4.31. The van der Waals surface area contributed by atoms with Crippen LogP contribution in [0.2, 0.25) is 0 Å². The van der Waals surface area contributed by atoms with Crippen LogP contribution in [-0.4, -0.2) is 23.8 Å². The number of methoxy groups -OCH3 is 1. The van der Waals surface area contributed by atoms with Gasteiger partial charge >= 0.3 is 0 Å². The number of hydrogen-bond acceptors (Lipinski definition) is 5. The van der Waals surface area contributed by atoms with Crippen LogP contribution in [0.4, 0.5) is 0 Å². The zero-order valence-electron chi connectivity index (χ0n) is 10.6. The molecular weight excluding hydrogens is 266 g/mol. The van der Waals surface area contributed by atoms with E-state index in [9.17, 15) is 0 Å². The molecule has 6 heteroatoms. The average Bonchev–Trinajstić information content (AvgIpc) is 3.09. The van der Waals surface area contributed by atoms with Crippen molar-refractivity contribution in [2.24, 2.45) is 0 Å². The molecule has 1 atom stereocenters. The summed E-state index contributed by atoms with van der Waals surface area (Å²) in [4.78, 5) is 4.45. The molecule has 0 bridgehead atoms. The van der Waals surface area contributed by atoms with E-state index in [1.807, 2.05) is 24.3 Å². The van der Waals surface area contributed by atoms with Crippen LogP contribution in [0.5, 0.6) is 5.75 Å². The second kappa shape index (κ2) is 6.04. The molecule has 1 saturated heterocycles. The van der Waals surface area contributed by atoms with Gasteiger partial charge in [-0.25, -0.2) is 0 Å². The lowest BCUT2D eigenvalue weighted by molar-refractivity contribution is 0.344. The van der Waals surface area contributed by atoms with Gasteiger partial charge in [0.2, 0.25) is 11.7 Å². The lowest BCUT2D eigenvalue weighted by atomic mass is 10.2. The first-order chi connectivity index (χ1) is 8.88. The molecule has 1 aliphatic rings. The largest absolute Gasteiger partial charge is 0.496 e. The maximum Gasteiger partial charge on any atom is 0.244 e. The summed E-state index contributed by atoms with van der Waals surface area (Å²) in [6.45, 7) is 1.01. The van der Waals surface area contributed by atoms with Gasteiger partial charge in [0, 0.05) is 0 Å². The molecule has 1 aromatic carbocycles. The fraction of sp³-hybridized carbons (Fsp3) is 0.385. The number of hydrogen-bond donors (Lipinski definition) is 1. The van der Waals surface area contributed by atoms with E-state index in [0.717, 1.165) is 30.7 Å². The highest BCUT2D eigenvalue weighted by Gasteiger charge is 2.23. The first-order valence-electron chi connectivity index (χ1n) is 6.09. The molecular formula is C13H16ClN3O2. The van der Waals surface area contributed by atoms with Crippen LogP contribution in [0, 0.1) is 0 Å². The van der Waals surface area contributed by atoms with Crippen LogP contribution in [0.3, 0.4) is 0 Å². The van der Waals surface area contributed by atoms with Crippen molar-refractivity contribution in [3.63, 3.8) is 0 Å². The molecule has 0 saturated carbocycles. The summed E-state index contributed by atoms with van der Waals surface area (Å²) in [5, 5.41) is 7.37. The summed E-state index contributed by atoms with van der Waals surface area (Å²) in [7, 11) is 1.64. The maximum absolute atomic E-state index is 5.32. The predicted octanol–water partition coefficient (Wildman–Crippen LogP) is 2.59. The normalized spacial score (nSPS) is 18.1. The quantitative estimate of drug-likeness (QED) is 0.937. The highest BCUT2D eigenvalue weighted by atomic mass is 35.5. The van der Waals surface area contributed by atoms with Crippen molar-refractivity contribution in [2.45, 2.75) is 18.9 Å². The molecule has 0 radical (unpaired) electrons. The Kier molecular flexibility index (Phi) is 4.39. The topological polar surface area (TPSA) is 60.2 Å². The molecule has 1 aliphatic heterocycles. The van der Waals surface area contributed by atoms with E-state index in [4.69, 9.17) is 9.26 Å². The zero-order valence-corrected chi connectivity index (χ0v) is 11.4. The molecule has 19 heavy (non-hydrogen) atoms. The van der Waals surface area contributed by atoms with Crippen molar-refractivity contribution in [3.8, 4) is 17.1 Å². The smallest absolute Gasteiger partial charge is 0.244 e. The van der Waals surface area contributed by atoms with Crippen molar-refractivity contribution in [2.75, 3.05) is 13.7 Å². The number of nitrogens with one attached hydrogen (secondary N) is 1. The molecule has 1 aromatic heterocycles. The minimum atomic E-state index is 0. The van der Waals surface area contributed by atoms with Gasteiger partial charge in [0.15, 0.2) is 0 Å². The van der Waals surface area contributed by atoms with Gasteiger partial charge < -0.3 is 14.6 Å². The summed E-state index contributed by atoms with van der Waals surface area (Å²) in [5.74, 6) is 1.99. The summed E-state index contributed by atoms with van der Waals surface area (Å²) in [5.41, 5.74) is 0.855. The van der Waals surface area contributed by atoms with E-state index in [1.54, 1.807) is 7.11 Å². The van der Waals surface area contributed by atoms with Crippen LogP contribution in [0.15, 0.2) is 28.8 Å². The van der Waals surface area contributed by atoms with Crippen molar-refractivity contribution in [1.82, 2.24) is 15.5 Å². The molecule has 0 unspecified atom stereocenters. The van der Waals surface area contributed by atoms with Gasteiger partial charge in [0.05, 0.1) is 18.7 Å². The summed E-state index contributed by atoms with van der Waals surface area (Å²) < 4.78 is 10.6. The molecule has 1 fully saturated rings. The number of halogens is 1. The Bertz CT molecular complexity index is 538. The Hall–Kier alpha value is -1.59. The first-order valence-corrected chi connectivity index (χ1v) is 6.09. The monoisotopic (exact) mass is 281 g/mol. The lowest BCUT2D eigenvalue weighted by Gasteiger charge is -2.03. The number of aromatic nitrogens is 2. The Labute approximate surface area is 117 Å². The number of benzene rings is 1. The van der Waals surface area contributed by atoms with E-state index in [1.165, 1.54) is 0 Å². The van der Waals surface area contributed by atoms with E-state index in [-0.39, 0.29) is 18.4 Å². The fourth-order valence-electron chi connectivity index (χ4n) is 2.21. The molecule has 1 N–H and O–H groups in total. The first kappa shape index (κ1) is 13.8. The Balaban J connectivity index is 0.00000133. The van der Waals surface area contributed by atoms with Gasteiger partial charge in [-0.05, 0) is 31.5 Å². The van der Waals surface area contributed by atoms with Gasteiger partial charge in [-0.3, -0.25) is 0 Å². The minimum Gasteiger partial charge on any atom is -0.496 e. The van der Waals surface area contributed by atoms with Crippen molar-refractivity contribution < 1.29 is 9.26 Å². The molecule has 0 aliphatic carbocycles. The zero-order chi connectivity index (χ0) is 12.4. The second-order valence-corrected chi connectivity index (χ2v) is 4.31. The van der Waals surface area contributed by atoms with E-state index < -0.39 is 0 Å². The average molecular weight is 282 g/mol. The summed E-state index contributed by atoms with van der Waals surface area (Å²) >= 11 is 0. The molecule has 2 aromatic rings. The molecule has 5 nitrogen and oxygen atoms in total. The van der Waals surface area contributed by atoms with Gasteiger partial charge in [0.25, 0.3) is 0 Å². The molecule has 0 spiro atoms. The van der Waals surface area contributed by atoms with Gasteiger partial charge in [0.1, 0.15) is 5.75 Å². The minimum absolute atomic E-state index is 0. The van der Waals surface area contributed by atoms with Crippen LogP contribution >= 0.6 is 12.4 Å². The molecule has 0 amide bonds. The SMILES string of the molecule is COc1ccccc1-c1noc([C@@H]2CCCN2)n1.Cl. The number of para-hydroxylation sites is 1. The highest BCUT2D eigenvalue weighted by Crippen LogP contribution is 2.29. The Morgan fingerprint density at radius 1 is 1.37 bits per heavy atom. The van der Waals surface area contributed by atoms with Crippen molar-refractivity contribution >= 4 is 12.4 Å². The number of nitrogens with zero attached hydrogens (tertiary/aromatic N) is 2. The number of rotatable bonds is 3. The third kappa shape index (κ3) is 2.72. The summed E-state index contributed by atoms with van der Waals surface area (Å²) in [6.07, 6.45) is 2.20. The third-order valence-corrected chi connectivity index (χ3v) is 3.15. The molecule has 3 rings (SSSR count). The third-order valence-electron chi connectivity index (χ3n) is 3.15. The standard InChI is InChI=1S/C13H15N3O2.ClH/c1-17-11-7-3-2-5-9(11)12-15-13(18-16-12)10-6-4-8-14-10;/h2-3,5,7,10,14H,4,6,8H2,1H3;1H/t10-;/m0./s1. The van der Waals surface area contributed by atoms with Crippen molar-refractivity contribution in [3.05, 3.63) is 30.2 Å². The van der Waals surface area contributed by atoms with Crippen LogP contribution in [0.1, 0.15) is 24.8 Å². The van der Waals surface area contributed by atoms with Crippen LogP contribution in [-0.2, 0) is 0 Å². The van der Waals surface area contributed by atoms with Gasteiger partial charge in [-0.1, -0.05) is 17.3 Å².